The molecular formula is C13H18NO. The van der Waals surface area contributed by atoms with Crippen LogP contribution in [-0.4, -0.2) is 12.8 Å². The summed E-state index contributed by atoms with van der Waals surface area (Å²) in [5, 5.41) is 3.24. The monoisotopic (exact) mass is 204 g/mol. The van der Waals surface area contributed by atoms with Gasteiger partial charge in [0.25, 0.3) is 0 Å². The number of hydrogen-bond donors (Lipinski definition) is 1. The standard InChI is InChI=1S/C13H18NO/c1-9(2)13(14-4)12-7-5-6-11(8-12)10(3)15/h5-8,13-14H,1-4H3. The van der Waals surface area contributed by atoms with Gasteiger partial charge in [-0.1, -0.05) is 32.0 Å². The summed E-state index contributed by atoms with van der Waals surface area (Å²) in [6.07, 6.45) is 0. The lowest BCUT2D eigenvalue weighted by Gasteiger charge is -2.20. The Bertz CT molecular complexity index is 344. The SMILES string of the molecule is CNC([C](C)C)c1cccc(C(C)=O)c1. The molecule has 1 rings (SSSR count). The van der Waals surface area contributed by atoms with E-state index in [1.54, 1.807) is 6.92 Å². The zero-order chi connectivity index (χ0) is 11.4. The number of carbonyl (C=O) groups is 1. The van der Waals surface area contributed by atoms with Gasteiger partial charge in [0.2, 0.25) is 0 Å². The van der Waals surface area contributed by atoms with Crippen molar-refractivity contribution in [1.29, 1.82) is 0 Å². The normalized spacial score (nSPS) is 12.9. The van der Waals surface area contributed by atoms with Gasteiger partial charge < -0.3 is 5.32 Å². The minimum atomic E-state index is 0.112. The molecule has 0 spiro atoms. The number of ketones is 1. The Morgan fingerprint density at radius 1 is 1.27 bits per heavy atom. The van der Waals surface area contributed by atoms with Crippen molar-refractivity contribution in [3.8, 4) is 0 Å². The molecule has 0 aliphatic rings. The highest BCUT2D eigenvalue weighted by Gasteiger charge is 2.14. The topological polar surface area (TPSA) is 29.1 Å². The smallest absolute Gasteiger partial charge is 0.159 e. The van der Waals surface area contributed by atoms with Crippen LogP contribution >= 0.6 is 0 Å². The van der Waals surface area contributed by atoms with Crippen LogP contribution in [0.2, 0.25) is 0 Å². The summed E-state index contributed by atoms with van der Waals surface area (Å²) in [6.45, 7) is 5.76. The van der Waals surface area contributed by atoms with Crippen molar-refractivity contribution in [2.75, 3.05) is 7.05 Å². The lowest BCUT2D eigenvalue weighted by Crippen LogP contribution is -2.20. The van der Waals surface area contributed by atoms with Crippen molar-refractivity contribution in [1.82, 2.24) is 5.32 Å². The molecule has 0 aliphatic heterocycles. The minimum Gasteiger partial charge on any atom is -0.313 e. The van der Waals surface area contributed by atoms with Crippen molar-refractivity contribution in [2.45, 2.75) is 26.8 Å². The molecule has 0 saturated carbocycles. The molecule has 2 nitrogen and oxygen atoms in total. The van der Waals surface area contributed by atoms with Crippen LogP contribution in [-0.2, 0) is 0 Å². The lowest BCUT2D eigenvalue weighted by molar-refractivity contribution is 0.101. The molecule has 1 unspecified atom stereocenters. The van der Waals surface area contributed by atoms with Crippen molar-refractivity contribution in [3.63, 3.8) is 0 Å². The van der Waals surface area contributed by atoms with Gasteiger partial charge in [0.1, 0.15) is 0 Å². The first-order chi connectivity index (χ1) is 7.06. The third kappa shape index (κ3) is 2.90. The summed E-state index contributed by atoms with van der Waals surface area (Å²) in [6, 6.07) is 8.00. The number of rotatable bonds is 4. The van der Waals surface area contributed by atoms with Crippen LogP contribution in [0, 0.1) is 5.92 Å². The zero-order valence-corrected chi connectivity index (χ0v) is 9.79. The third-order valence-corrected chi connectivity index (χ3v) is 2.49. The molecule has 81 valence electrons. The number of carbonyl (C=O) groups excluding carboxylic acids is 1. The Labute approximate surface area is 91.7 Å². The van der Waals surface area contributed by atoms with Crippen molar-refractivity contribution in [2.24, 2.45) is 0 Å². The molecule has 1 radical (unpaired) electrons. The molecule has 0 bridgehead atoms. The van der Waals surface area contributed by atoms with Crippen LogP contribution in [0.25, 0.3) is 0 Å². The molecule has 1 aromatic carbocycles. The van der Waals surface area contributed by atoms with E-state index in [4.69, 9.17) is 0 Å². The largest absolute Gasteiger partial charge is 0.313 e. The lowest BCUT2D eigenvalue weighted by atomic mass is 9.94. The van der Waals surface area contributed by atoms with E-state index in [9.17, 15) is 4.79 Å². The summed E-state index contributed by atoms with van der Waals surface area (Å²) >= 11 is 0. The fourth-order valence-electron chi connectivity index (χ4n) is 1.73. The first-order valence-electron chi connectivity index (χ1n) is 5.14. The Balaban J connectivity index is 3.03. The van der Waals surface area contributed by atoms with Crippen LogP contribution in [0.4, 0.5) is 0 Å². The maximum absolute atomic E-state index is 11.3. The Hall–Kier alpha value is -1.15. The Morgan fingerprint density at radius 3 is 2.40 bits per heavy atom. The molecule has 0 aromatic heterocycles. The Kier molecular flexibility index (Phi) is 4.04. The molecule has 0 fully saturated rings. The van der Waals surface area contributed by atoms with Gasteiger partial charge in [0, 0.05) is 11.6 Å². The van der Waals surface area contributed by atoms with Crippen LogP contribution in [0.15, 0.2) is 24.3 Å². The van der Waals surface area contributed by atoms with Crippen LogP contribution < -0.4 is 5.32 Å². The maximum Gasteiger partial charge on any atom is 0.159 e. The zero-order valence-electron chi connectivity index (χ0n) is 9.79. The highest BCUT2D eigenvalue weighted by atomic mass is 16.1. The van der Waals surface area contributed by atoms with Crippen LogP contribution in [0.3, 0.4) is 0 Å². The third-order valence-electron chi connectivity index (χ3n) is 2.49. The molecule has 1 N–H and O–H groups in total. The van der Waals surface area contributed by atoms with Gasteiger partial charge in [0.15, 0.2) is 5.78 Å². The molecule has 15 heavy (non-hydrogen) atoms. The average molecular weight is 204 g/mol. The van der Waals surface area contributed by atoms with E-state index in [0.29, 0.717) is 0 Å². The fraction of sp³-hybridized carbons (Fsp3) is 0.385. The van der Waals surface area contributed by atoms with Crippen molar-refractivity contribution < 1.29 is 4.79 Å². The van der Waals surface area contributed by atoms with Crippen LogP contribution in [0.1, 0.15) is 42.7 Å². The number of Topliss-reactive ketones (excluding diaryl/α,β-unsaturated/α-hetero) is 1. The van der Waals surface area contributed by atoms with E-state index < -0.39 is 0 Å². The first-order valence-corrected chi connectivity index (χ1v) is 5.14. The summed E-state index contributed by atoms with van der Waals surface area (Å²) < 4.78 is 0. The molecule has 0 heterocycles. The summed E-state index contributed by atoms with van der Waals surface area (Å²) in [5.41, 5.74) is 1.92. The molecule has 0 aliphatic carbocycles. The van der Waals surface area contributed by atoms with E-state index in [2.05, 4.69) is 19.2 Å². The average Bonchev–Trinajstić information content (AvgIpc) is 2.18. The van der Waals surface area contributed by atoms with Gasteiger partial charge in [-0.25, -0.2) is 0 Å². The van der Waals surface area contributed by atoms with Gasteiger partial charge >= 0.3 is 0 Å². The minimum absolute atomic E-state index is 0.112. The molecular weight excluding hydrogens is 186 g/mol. The van der Waals surface area contributed by atoms with Crippen LogP contribution in [0.5, 0.6) is 0 Å². The van der Waals surface area contributed by atoms with E-state index >= 15 is 0 Å². The van der Waals surface area contributed by atoms with Crippen molar-refractivity contribution >= 4 is 5.78 Å². The predicted octanol–water partition coefficient (Wildman–Crippen LogP) is 2.76. The highest BCUT2D eigenvalue weighted by Crippen LogP contribution is 2.23. The maximum atomic E-state index is 11.3. The summed E-state index contributed by atoms with van der Waals surface area (Å²) in [4.78, 5) is 11.3. The quantitative estimate of drug-likeness (QED) is 0.764. The van der Waals surface area contributed by atoms with Gasteiger partial charge in [-0.2, -0.15) is 0 Å². The van der Waals surface area contributed by atoms with E-state index in [-0.39, 0.29) is 11.8 Å². The molecule has 2 heteroatoms. The van der Waals surface area contributed by atoms with E-state index in [1.807, 2.05) is 31.3 Å². The number of nitrogens with one attached hydrogen (secondary N) is 1. The summed E-state index contributed by atoms with van der Waals surface area (Å²) in [7, 11) is 1.93. The second-order valence-corrected chi connectivity index (χ2v) is 3.98. The second-order valence-electron chi connectivity index (χ2n) is 3.98. The van der Waals surface area contributed by atoms with E-state index in [0.717, 1.165) is 11.1 Å². The molecule has 1 aromatic rings. The second kappa shape index (κ2) is 5.08. The molecule has 0 saturated heterocycles. The molecule has 0 amide bonds. The van der Waals surface area contributed by atoms with Gasteiger partial charge in [0.05, 0.1) is 0 Å². The first kappa shape index (κ1) is 11.9. The summed E-state index contributed by atoms with van der Waals surface area (Å²) in [5.74, 6) is 1.40. The van der Waals surface area contributed by atoms with Gasteiger partial charge in [-0.3, -0.25) is 4.79 Å². The fourth-order valence-corrected chi connectivity index (χ4v) is 1.73. The van der Waals surface area contributed by atoms with Gasteiger partial charge in [-0.15, -0.1) is 0 Å². The number of benzene rings is 1. The van der Waals surface area contributed by atoms with E-state index in [1.165, 1.54) is 5.92 Å². The highest BCUT2D eigenvalue weighted by molar-refractivity contribution is 5.94. The van der Waals surface area contributed by atoms with Crippen molar-refractivity contribution in [3.05, 3.63) is 41.3 Å². The Morgan fingerprint density at radius 2 is 1.93 bits per heavy atom. The molecule has 1 atom stereocenters. The van der Waals surface area contributed by atoms with Gasteiger partial charge in [-0.05, 0) is 31.5 Å². The number of hydrogen-bond acceptors (Lipinski definition) is 2. The predicted molar refractivity (Wildman–Crippen MR) is 62.8 cm³/mol.